The largest absolute Gasteiger partial charge is 0.383 e. The molecule has 0 fully saturated rings. The summed E-state index contributed by atoms with van der Waals surface area (Å²) >= 11 is 1.53. The van der Waals surface area contributed by atoms with Gasteiger partial charge in [-0.2, -0.15) is 5.10 Å². The highest BCUT2D eigenvalue weighted by Crippen LogP contribution is 2.26. The van der Waals surface area contributed by atoms with E-state index in [1.807, 2.05) is 6.07 Å². The molecule has 8 heteroatoms. The van der Waals surface area contributed by atoms with E-state index in [-0.39, 0.29) is 11.8 Å². The van der Waals surface area contributed by atoms with Crippen molar-refractivity contribution in [3.63, 3.8) is 0 Å². The topological polar surface area (TPSA) is 68.2 Å². The molecule has 2 amide bonds. The third kappa shape index (κ3) is 4.09. The number of thiophene rings is 1. The fourth-order valence-electron chi connectivity index (χ4n) is 2.23. The number of rotatable bonds is 6. The first-order valence-corrected chi connectivity index (χ1v) is 8.20. The van der Waals surface area contributed by atoms with E-state index >= 15 is 0 Å². The maximum Gasteiger partial charge on any atom is 0.319 e. The van der Waals surface area contributed by atoms with Gasteiger partial charge in [-0.15, -0.1) is 11.3 Å². The third-order valence-corrected chi connectivity index (χ3v) is 4.48. The molecule has 0 saturated carbocycles. The van der Waals surface area contributed by atoms with Crippen LogP contribution in [0.2, 0.25) is 0 Å². The summed E-state index contributed by atoms with van der Waals surface area (Å²) < 4.78 is 20.9. The standard InChI is InChI=1S/C16H17FN4O2S/c1-23-5-4-21-10-13(8-19-21)20-16(22)18-9-14-7-11-6-12(17)2-3-15(11)24-14/h2-3,6-8,10H,4-5,9H2,1H3,(H2,18,20,22). The normalized spacial score (nSPS) is 10.9. The van der Waals surface area contributed by atoms with Crippen molar-refractivity contribution in [2.75, 3.05) is 19.0 Å². The Balaban J connectivity index is 1.53. The van der Waals surface area contributed by atoms with Gasteiger partial charge < -0.3 is 15.4 Å². The molecule has 0 aliphatic heterocycles. The Morgan fingerprint density at radius 1 is 1.42 bits per heavy atom. The molecule has 3 aromatic rings. The molecule has 126 valence electrons. The fraction of sp³-hybridized carbons (Fsp3) is 0.250. The van der Waals surface area contributed by atoms with Crippen molar-refractivity contribution in [3.8, 4) is 0 Å². The van der Waals surface area contributed by atoms with Gasteiger partial charge in [-0.05, 0) is 29.7 Å². The minimum Gasteiger partial charge on any atom is -0.383 e. The van der Waals surface area contributed by atoms with Gasteiger partial charge in [0.1, 0.15) is 5.82 Å². The van der Waals surface area contributed by atoms with Crippen LogP contribution in [0.15, 0.2) is 36.7 Å². The number of carbonyl (C=O) groups excluding carboxylic acids is 1. The summed E-state index contributed by atoms with van der Waals surface area (Å²) in [6, 6.07) is 6.23. The molecule has 2 N–H and O–H groups in total. The summed E-state index contributed by atoms with van der Waals surface area (Å²) in [6.07, 6.45) is 3.32. The molecule has 0 unspecified atom stereocenters. The molecule has 6 nitrogen and oxygen atoms in total. The highest BCUT2D eigenvalue weighted by atomic mass is 32.1. The number of nitrogens with zero attached hydrogens (tertiary/aromatic N) is 2. The third-order valence-electron chi connectivity index (χ3n) is 3.37. The van der Waals surface area contributed by atoms with Gasteiger partial charge in [0.15, 0.2) is 0 Å². The van der Waals surface area contributed by atoms with Gasteiger partial charge in [-0.1, -0.05) is 0 Å². The molecule has 0 aliphatic rings. The maximum atomic E-state index is 13.2. The van der Waals surface area contributed by atoms with E-state index in [1.54, 1.807) is 30.3 Å². The molecule has 0 spiro atoms. The van der Waals surface area contributed by atoms with Crippen LogP contribution in [-0.2, 0) is 17.8 Å². The highest BCUT2D eigenvalue weighted by molar-refractivity contribution is 7.19. The van der Waals surface area contributed by atoms with Gasteiger partial charge in [0.25, 0.3) is 0 Å². The van der Waals surface area contributed by atoms with Crippen LogP contribution >= 0.6 is 11.3 Å². The molecular formula is C16H17FN4O2S. The van der Waals surface area contributed by atoms with Crippen LogP contribution in [-0.4, -0.2) is 29.5 Å². The highest BCUT2D eigenvalue weighted by Gasteiger charge is 2.07. The van der Waals surface area contributed by atoms with E-state index in [9.17, 15) is 9.18 Å². The van der Waals surface area contributed by atoms with E-state index < -0.39 is 0 Å². The van der Waals surface area contributed by atoms with Crippen LogP contribution < -0.4 is 10.6 Å². The number of halogens is 1. The lowest BCUT2D eigenvalue weighted by atomic mass is 10.2. The maximum absolute atomic E-state index is 13.2. The first-order chi connectivity index (χ1) is 11.6. The number of hydrogen-bond acceptors (Lipinski definition) is 4. The number of hydrogen-bond donors (Lipinski definition) is 2. The molecule has 0 radical (unpaired) electrons. The van der Waals surface area contributed by atoms with Crippen molar-refractivity contribution < 1.29 is 13.9 Å². The molecule has 2 aromatic heterocycles. The molecular weight excluding hydrogens is 331 g/mol. The lowest BCUT2D eigenvalue weighted by Gasteiger charge is -2.04. The van der Waals surface area contributed by atoms with E-state index in [2.05, 4.69) is 15.7 Å². The number of methoxy groups -OCH3 is 1. The lowest BCUT2D eigenvalue weighted by molar-refractivity contribution is 0.183. The number of urea groups is 1. The van der Waals surface area contributed by atoms with Crippen LogP contribution in [0.25, 0.3) is 10.1 Å². The minimum atomic E-state index is -0.315. The predicted molar refractivity (Wildman–Crippen MR) is 91.7 cm³/mol. The molecule has 1 aromatic carbocycles. The van der Waals surface area contributed by atoms with Crippen molar-refractivity contribution in [2.45, 2.75) is 13.1 Å². The van der Waals surface area contributed by atoms with Gasteiger partial charge in [-0.25, -0.2) is 9.18 Å². The zero-order valence-corrected chi connectivity index (χ0v) is 13.9. The van der Waals surface area contributed by atoms with E-state index in [0.29, 0.717) is 25.4 Å². The molecule has 2 heterocycles. The monoisotopic (exact) mass is 348 g/mol. The zero-order chi connectivity index (χ0) is 16.9. The summed E-state index contributed by atoms with van der Waals surface area (Å²) in [6.45, 7) is 1.56. The van der Waals surface area contributed by atoms with E-state index in [4.69, 9.17) is 4.74 Å². The van der Waals surface area contributed by atoms with Gasteiger partial charge >= 0.3 is 6.03 Å². The quantitative estimate of drug-likeness (QED) is 0.719. The molecule has 24 heavy (non-hydrogen) atoms. The van der Waals surface area contributed by atoms with Crippen molar-refractivity contribution in [3.05, 3.63) is 47.4 Å². The number of nitrogens with one attached hydrogen (secondary N) is 2. The number of benzene rings is 1. The Labute approximate surface area is 142 Å². The Hall–Kier alpha value is -2.45. The summed E-state index contributed by atoms with van der Waals surface area (Å²) in [5, 5.41) is 10.5. The lowest BCUT2D eigenvalue weighted by Crippen LogP contribution is -2.27. The van der Waals surface area contributed by atoms with Gasteiger partial charge in [0, 0.05) is 22.9 Å². The second-order valence-electron chi connectivity index (χ2n) is 5.19. The minimum absolute atomic E-state index is 0.261. The fourth-order valence-corrected chi connectivity index (χ4v) is 3.22. The summed E-state index contributed by atoms with van der Waals surface area (Å²) in [5.74, 6) is -0.261. The Morgan fingerprint density at radius 2 is 2.29 bits per heavy atom. The van der Waals surface area contributed by atoms with Gasteiger partial charge in [-0.3, -0.25) is 4.68 Å². The summed E-state index contributed by atoms with van der Waals surface area (Å²) in [5.41, 5.74) is 0.613. The second-order valence-corrected chi connectivity index (χ2v) is 6.36. The first-order valence-electron chi connectivity index (χ1n) is 7.38. The predicted octanol–water partition coefficient (Wildman–Crippen LogP) is 3.21. The van der Waals surface area contributed by atoms with Crippen LogP contribution in [0.3, 0.4) is 0 Å². The zero-order valence-electron chi connectivity index (χ0n) is 13.1. The number of fused-ring (bicyclic) bond motifs is 1. The van der Waals surface area contributed by atoms with Crippen molar-refractivity contribution in [1.82, 2.24) is 15.1 Å². The Bertz CT molecular complexity index is 846. The van der Waals surface area contributed by atoms with Gasteiger partial charge in [0.05, 0.1) is 31.6 Å². The smallest absolute Gasteiger partial charge is 0.319 e. The summed E-state index contributed by atoms with van der Waals surface area (Å²) in [4.78, 5) is 12.9. The number of amides is 2. The average molecular weight is 348 g/mol. The van der Waals surface area contributed by atoms with Crippen LogP contribution in [0.4, 0.5) is 14.9 Å². The van der Waals surface area contributed by atoms with Crippen molar-refractivity contribution in [2.24, 2.45) is 0 Å². The number of aromatic nitrogens is 2. The van der Waals surface area contributed by atoms with E-state index in [1.165, 1.54) is 23.5 Å². The number of anilines is 1. The van der Waals surface area contributed by atoms with Crippen LogP contribution in [0.5, 0.6) is 0 Å². The first kappa shape index (κ1) is 16.4. The van der Waals surface area contributed by atoms with Crippen molar-refractivity contribution in [1.29, 1.82) is 0 Å². The molecule has 0 bridgehead atoms. The van der Waals surface area contributed by atoms with Gasteiger partial charge in [0.2, 0.25) is 0 Å². The van der Waals surface area contributed by atoms with E-state index in [0.717, 1.165) is 15.0 Å². The Morgan fingerprint density at radius 3 is 3.12 bits per heavy atom. The Kier molecular flexibility index (Phi) is 5.07. The molecule has 0 atom stereocenters. The number of carbonyl (C=O) groups is 1. The van der Waals surface area contributed by atoms with Crippen LogP contribution in [0.1, 0.15) is 4.88 Å². The summed E-state index contributed by atoms with van der Waals surface area (Å²) in [7, 11) is 1.62. The van der Waals surface area contributed by atoms with Crippen LogP contribution in [0, 0.1) is 5.82 Å². The SMILES string of the molecule is COCCn1cc(NC(=O)NCc2cc3cc(F)ccc3s2)cn1. The van der Waals surface area contributed by atoms with Crippen molar-refractivity contribution >= 4 is 33.1 Å². The molecule has 0 saturated heterocycles. The second kappa shape index (κ2) is 7.41. The molecule has 3 rings (SSSR count). The molecule has 0 aliphatic carbocycles. The number of ether oxygens (including phenoxy) is 1. The average Bonchev–Trinajstić information content (AvgIpc) is 3.16.